The number of likely N-dealkylation sites (N-methyl/N-ethyl adjacent to an activating group) is 1. The molecule has 0 saturated heterocycles. The van der Waals surface area contributed by atoms with Gasteiger partial charge in [0.25, 0.3) is 0 Å². The number of hydrogen-bond acceptors (Lipinski definition) is 3. The van der Waals surface area contributed by atoms with E-state index in [2.05, 4.69) is 6.92 Å². The lowest BCUT2D eigenvalue weighted by Crippen LogP contribution is -2.43. The monoisotopic (exact) mass is 352 g/mol. The number of carboxylic acids is 1. The molecule has 5 nitrogen and oxygen atoms in total. The molecule has 0 saturated carbocycles. The van der Waals surface area contributed by atoms with Gasteiger partial charge in [0.1, 0.15) is 6.54 Å². The molecule has 1 N–H and O–H groups in total. The van der Waals surface area contributed by atoms with Gasteiger partial charge in [-0.2, -0.15) is 0 Å². The number of quaternary nitrogens is 1. The number of hydrogen-bond donors (Lipinski definition) is 1. The molecule has 0 radical (unpaired) electrons. The Morgan fingerprint density at radius 1 is 1.00 bits per heavy atom. The second-order valence-electron chi connectivity index (χ2n) is 7.05. The quantitative estimate of drug-likeness (QED) is 0.312. The first-order chi connectivity index (χ1) is 10.2. The van der Waals surface area contributed by atoms with Gasteiger partial charge < -0.3 is 14.3 Å². The van der Waals surface area contributed by atoms with Crippen LogP contribution in [0.3, 0.4) is 0 Å². The van der Waals surface area contributed by atoms with Crippen molar-refractivity contribution in [1.82, 2.24) is 0 Å². The maximum Gasteiger partial charge on any atom is 0.307 e. The predicted octanol–water partition coefficient (Wildman–Crippen LogP) is 3.64. The highest BCUT2D eigenvalue weighted by molar-refractivity contribution is 5.85. The molecule has 0 aliphatic rings. The van der Waals surface area contributed by atoms with Crippen LogP contribution in [-0.4, -0.2) is 55.3 Å². The van der Waals surface area contributed by atoms with Gasteiger partial charge in [-0.15, -0.1) is 12.4 Å². The van der Waals surface area contributed by atoms with Crippen molar-refractivity contribution in [2.75, 3.05) is 27.7 Å². The maximum atomic E-state index is 11.8. The maximum absolute atomic E-state index is 11.8. The molecule has 0 spiro atoms. The summed E-state index contributed by atoms with van der Waals surface area (Å²) in [5.41, 5.74) is 0. The zero-order valence-corrected chi connectivity index (χ0v) is 16.0. The fourth-order valence-corrected chi connectivity index (χ4v) is 2.42. The first-order valence-electron chi connectivity index (χ1n) is 8.46. The van der Waals surface area contributed by atoms with Gasteiger partial charge in [0, 0.05) is 6.42 Å². The van der Waals surface area contributed by atoms with Gasteiger partial charge in [-0.3, -0.25) is 9.59 Å². The summed E-state index contributed by atoms with van der Waals surface area (Å²) in [5, 5.41) is 8.91. The number of carbonyl (C=O) groups excluding carboxylic acids is 1. The van der Waals surface area contributed by atoms with Gasteiger partial charge in [-0.1, -0.05) is 45.4 Å². The van der Waals surface area contributed by atoms with Crippen LogP contribution in [0.25, 0.3) is 0 Å². The van der Waals surface area contributed by atoms with Crippen molar-refractivity contribution in [3.8, 4) is 0 Å². The number of aliphatic carboxylic acids is 1. The molecule has 138 valence electrons. The number of carbonyl (C=O) groups is 2. The van der Waals surface area contributed by atoms with E-state index in [9.17, 15) is 9.59 Å². The third-order valence-electron chi connectivity index (χ3n) is 3.44. The smallest absolute Gasteiger partial charge is 0.307 e. The summed E-state index contributed by atoms with van der Waals surface area (Å²) < 4.78 is 5.92. The van der Waals surface area contributed by atoms with Gasteiger partial charge in [0.15, 0.2) is 6.10 Å². The molecular formula is C17H35ClNO4+. The van der Waals surface area contributed by atoms with Crippen LogP contribution in [0.4, 0.5) is 0 Å². The normalized spacial score (nSPS) is 12.3. The van der Waals surface area contributed by atoms with Crippen LogP contribution in [0.1, 0.15) is 64.7 Å². The largest absolute Gasteiger partial charge is 0.481 e. The summed E-state index contributed by atoms with van der Waals surface area (Å²) >= 11 is 0. The molecule has 0 bridgehead atoms. The van der Waals surface area contributed by atoms with Crippen LogP contribution < -0.4 is 0 Å². The minimum Gasteiger partial charge on any atom is -0.481 e. The second kappa shape index (κ2) is 13.6. The summed E-state index contributed by atoms with van der Waals surface area (Å²) in [4.78, 5) is 22.7. The van der Waals surface area contributed by atoms with E-state index in [1.807, 2.05) is 21.1 Å². The third kappa shape index (κ3) is 17.4. The van der Waals surface area contributed by atoms with Gasteiger partial charge >= 0.3 is 11.9 Å². The average Bonchev–Trinajstić information content (AvgIpc) is 2.34. The first-order valence-corrected chi connectivity index (χ1v) is 8.46. The van der Waals surface area contributed by atoms with Crippen LogP contribution in [0.2, 0.25) is 0 Å². The van der Waals surface area contributed by atoms with Gasteiger partial charge in [0.05, 0.1) is 27.6 Å². The van der Waals surface area contributed by atoms with E-state index in [1.54, 1.807) is 0 Å². The van der Waals surface area contributed by atoms with E-state index >= 15 is 0 Å². The zero-order chi connectivity index (χ0) is 17.0. The highest BCUT2D eigenvalue weighted by atomic mass is 35.5. The van der Waals surface area contributed by atoms with Crippen molar-refractivity contribution < 1.29 is 23.9 Å². The van der Waals surface area contributed by atoms with Crippen LogP contribution in [0.15, 0.2) is 0 Å². The van der Waals surface area contributed by atoms with Crippen molar-refractivity contribution in [2.45, 2.75) is 70.8 Å². The number of unbranched alkanes of at least 4 members (excludes halogenated alkanes) is 6. The molecule has 6 heteroatoms. The van der Waals surface area contributed by atoms with E-state index < -0.39 is 12.1 Å². The molecule has 0 heterocycles. The van der Waals surface area contributed by atoms with E-state index in [0.717, 1.165) is 19.3 Å². The van der Waals surface area contributed by atoms with E-state index in [1.165, 1.54) is 25.7 Å². The number of rotatable bonds is 13. The minimum absolute atomic E-state index is 0. The fraction of sp³-hybridized carbons (Fsp3) is 0.882. The average molecular weight is 353 g/mol. The van der Waals surface area contributed by atoms with Crippen LogP contribution >= 0.6 is 12.4 Å². The molecule has 0 unspecified atom stereocenters. The van der Waals surface area contributed by atoms with Crippen LogP contribution in [0, 0.1) is 0 Å². The van der Waals surface area contributed by atoms with Gasteiger partial charge in [-0.25, -0.2) is 0 Å². The molecule has 1 atom stereocenters. The summed E-state index contributed by atoms with van der Waals surface area (Å²) in [6, 6.07) is 0. The molecule has 0 amide bonds. The van der Waals surface area contributed by atoms with Crippen LogP contribution in [0.5, 0.6) is 0 Å². The fourth-order valence-electron chi connectivity index (χ4n) is 2.42. The molecule has 0 aliphatic carbocycles. The molecule has 23 heavy (non-hydrogen) atoms. The summed E-state index contributed by atoms with van der Waals surface area (Å²) in [6.07, 6.45) is 7.76. The number of carboxylic acid groups (broad SMARTS) is 1. The molecule has 0 aliphatic heterocycles. The Morgan fingerprint density at radius 2 is 1.52 bits per heavy atom. The Morgan fingerprint density at radius 3 is 2.00 bits per heavy atom. The predicted molar refractivity (Wildman–Crippen MR) is 94.9 cm³/mol. The van der Waals surface area contributed by atoms with Crippen molar-refractivity contribution >= 4 is 24.3 Å². The Labute approximate surface area is 147 Å². The Hall–Kier alpha value is -0.810. The molecule has 0 rings (SSSR count). The third-order valence-corrected chi connectivity index (χ3v) is 3.44. The van der Waals surface area contributed by atoms with E-state index in [-0.39, 0.29) is 24.8 Å². The highest BCUT2D eigenvalue weighted by Crippen LogP contribution is 2.11. The highest BCUT2D eigenvalue weighted by Gasteiger charge is 2.24. The number of nitrogens with zero attached hydrogens (tertiary/aromatic N) is 1. The summed E-state index contributed by atoms with van der Waals surface area (Å²) in [6.45, 7) is 2.70. The standard InChI is InChI=1S/C17H33NO4.ClH/c1-5-6-7-8-9-10-11-12-17(21)22-15(13-16(19)20)14-18(2,3)4;/h15H,5-14H2,1-4H3;1H/p+1/t15-;/m1./s1. The first kappa shape index (κ1) is 24.4. The van der Waals surface area contributed by atoms with Crippen molar-refractivity contribution in [1.29, 1.82) is 0 Å². The topological polar surface area (TPSA) is 63.6 Å². The minimum atomic E-state index is -0.929. The lowest BCUT2D eigenvalue weighted by molar-refractivity contribution is -0.873. The second-order valence-corrected chi connectivity index (χ2v) is 7.05. The SMILES string of the molecule is CCCCCCCCCC(=O)O[C@H](CC(=O)O)C[N+](C)(C)C.Cl. The van der Waals surface area contributed by atoms with E-state index in [4.69, 9.17) is 9.84 Å². The van der Waals surface area contributed by atoms with Crippen LogP contribution in [-0.2, 0) is 14.3 Å². The number of halogens is 1. The number of esters is 1. The summed E-state index contributed by atoms with van der Waals surface area (Å²) in [5.74, 6) is -1.20. The Kier molecular flexibility index (Phi) is 14.5. The lowest BCUT2D eigenvalue weighted by atomic mass is 10.1. The molecule has 0 aromatic carbocycles. The van der Waals surface area contributed by atoms with Crippen molar-refractivity contribution in [2.24, 2.45) is 0 Å². The van der Waals surface area contributed by atoms with Crippen molar-refractivity contribution in [3.63, 3.8) is 0 Å². The molecule has 0 fully saturated rings. The summed E-state index contributed by atoms with van der Waals surface area (Å²) in [7, 11) is 5.87. The lowest BCUT2D eigenvalue weighted by Gasteiger charge is -2.28. The Balaban J connectivity index is 0. The van der Waals surface area contributed by atoms with E-state index in [0.29, 0.717) is 17.4 Å². The Bertz CT molecular complexity index is 329. The number of ether oxygens (including phenoxy) is 1. The molecular weight excluding hydrogens is 318 g/mol. The zero-order valence-electron chi connectivity index (χ0n) is 15.2. The van der Waals surface area contributed by atoms with Gasteiger partial charge in [0.2, 0.25) is 0 Å². The van der Waals surface area contributed by atoms with Crippen molar-refractivity contribution in [3.05, 3.63) is 0 Å². The molecule has 0 aromatic rings. The van der Waals surface area contributed by atoms with Gasteiger partial charge in [-0.05, 0) is 6.42 Å². The molecule has 0 aromatic heterocycles.